The van der Waals surface area contributed by atoms with Crippen LogP contribution in [0, 0.1) is 6.92 Å². The fourth-order valence-corrected chi connectivity index (χ4v) is 3.44. The Morgan fingerprint density at radius 1 is 1.25 bits per heavy atom. The predicted octanol–water partition coefficient (Wildman–Crippen LogP) is 2.33. The average molecular weight is 276 g/mol. The first-order chi connectivity index (χ1) is 9.50. The minimum absolute atomic E-state index is 0.0640. The number of aryl methyl sites for hydroxylation is 1. The molecular formula is C14H16N2O4. The molecule has 1 aromatic carbocycles. The van der Waals surface area contributed by atoms with Gasteiger partial charge in [0.2, 0.25) is 0 Å². The topological polar surface area (TPSA) is 81.1 Å². The van der Waals surface area contributed by atoms with Crippen LogP contribution in [0.3, 0.4) is 0 Å². The number of benzene rings is 1. The van der Waals surface area contributed by atoms with Crippen molar-refractivity contribution in [3.8, 4) is 0 Å². The molecule has 0 aromatic heterocycles. The summed E-state index contributed by atoms with van der Waals surface area (Å²) < 4.78 is 0. The molecule has 2 atom stereocenters. The minimum Gasteiger partial charge on any atom is -0.465 e. The van der Waals surface area contributed by atoms with Gasteiger partial charge in [-0.1, -0.05) is 18.2 Å². The van der Waals surface area contributed by atoms with E-state index in [1.165, 1.54) is 9.80 Å². The van der Waals surface area contributed by atoms with Crippen LogP contribution >= 0.6 is 0 Å². The van der Waals surface area contributed by atoms with Crippen molar-refractivity contribution >= 4 is 17.9 Å². The average Bonchev–Trinajstić information content (AvgIpc) is 2.74. The number of nitrogens with zero attached hydrogens (tertiary/aromatic N) is 2. The summed E-state index contributed by atoms with van der Waals surface area (Å²) in [6.07, 6.45) is -1.36. The highest BCUT2D eigenvalue weighted by Crippen LogP contribution is 2.46. The van der Waals surface area contributed by atoms with E-state index < -0.39 is 12.2 Å². The number of likely N-dealkylation sites (tertiary alicyclic amines) is 1. The van der Waals surface area contributed by atoms with Gasteiger partial charge in [0, 0.05) is 19.0 Å². The SMILES string of the molecule is Cc1cccc2c1N(C(=O)O)C1CCN(C(=O)O)CC21. The standard InChI is InChI=1S/C14H16N2O4/c1-8-3-2-4-9-10-7-15(13(17)18)6-5-11(10)16(12(8)9)14(19)20/h2-4,10-11H,5-7H2,1H3,(H,17,18)(H,19,20). The monoisotopic (exact) mass is 276 g/mol. The van der Waals surface area contributed by atoms with Crippen molar-refractivity contribution < 1.29 is 19.8 Å². The molecule has 0 spiro atoms. The highest BCUT2D eigenvalue weighted by Gasteiger charge is 2.46. The lowest BCUT2D eigenvalue weighted by Crippen LogP contribution is -2.49. The lowest BCUT2D eigenvalue weighted by Gasteiger charge is -2.35. The first-order valence-electron chi connectivity index (χ1n) is 6.60. The van der Waals surface area contributed by atoms with Crippen LogP contribution in [0.25, 0.3) is 0 Å². The quantitative estimate of drug-likeness (QED) is 0.762. The maximum atomic E-state index is 11.6. The molecule has 1 saturated heterocycles. The molecule has 2 amide bonds. The molecule has 0 bridgehead atoms. The number of rotatable bonds is 0. The smallest absolute Gasteiger partial charge is 0.412 e. The number of piperidine rings is 1. The molecule has 2 aliphatic rings. The van der Waals surface area contributed by atoms with Gasteiger partial charge in [-0.25, -0.2) is 9.59 Å². The molecule has 2 unspecified atom stereocenters. The van der Waals surface area contributed by atoms with E-state index in [9.17, 15) is 14.7 Å². The third-order valence-corrected chi connectivity index (χ3v) is 4.29. The highest BCUT2D eigenvalue weighted by atomic mass is 16.4. The largest absolute Gasteiger partial charge is 0.465 e. The van der Waals surface area contributed by atoms with Crippen LogP contribution in [0.2, 0.25) is 0 Å². The Morgan fingerprint density at radius 3 is 2.65 bits per heavy atom. The van der Waals surface area contributed by atoms with Gasteiger partial charge in [-0.05, 0) is 24.5 Å². The number of amides is 2. The van der Waals surface area contributed by atoms with E-state index in [-0.39, 0.29) is 12.0 Å². The van der Waals surface area contributed by atoms with E-state index in [0.29, 0.717) is 19.5 Å². The Morgan fingerprint density at radius 2 is 2.00 bits per heavy atom. The molecule has 106 valence electrons. The van der Waals surface area contributed by atoms with Crippen molar-refractivity contribution in [2.24, 2.45) is 0 Å². The molecule has 3 rings (SSSR count). The van der Waals surface area contributed by atoms with Crippen LogP contribution in [0.4, 0.5) is 15.3 Å². The first kappa shape index (κ1) is 12.8. The van der Waals surface area contributed by atoms with E-state index in [1.54, 1.807) is 0 Å². The molecule has 20 heavy (non-hydrogen) atoms. The van der Waals surface area contributed by atoms with Crippen LogP contribution in [0.15, 0.2) is 18.2 Å². The highest BCUT2D eigenvalue weighted by molar-refractivity contribution is 5.92. The lowest BCUT2D eigenvalue weighted by molar-refractivity contribution is 0.126. The van der Waals surface area contributed by atoms with Crippen LogP contribution in [-0.2, 0) is 0 Å². The van der Waals surface area contributed by atoms with Gasteiger partial charge in [0.05, 0.1) is 11.7 Å². The Hall–Kier alpha value is -2.24. The zero-order valence-corrected chi connectivity index (χ0v) is 11.1. The first-order valence-corrected chi connectivity index (χ1v) is 6.60. The summed E-state index contributed by atoms with van der Waals surface area (Å²) in [6, 6.07) is 5.55. The normalized spacial score (nSPS) is 24.2. The number of hydrogen-bond donors (Lipinski definition) is 2. The molecule has 0 saturated carbocycles. The van der Waals surface area contributed by atoms with Crippen molar-refractivity contribution in [3.05, 3.63) is 29.3 Å². The second-order valence-electron chi connectivity index (χ2n) is 5.36. The predicted molar refractivity (Wildman–Crippen MR) is 72.4 cm³/mol. The number of carboxylic acid groups (broad SMARTS) is 2. The Kier molecular flexibility index (Phi) is 2.81. The van der Waals surface area contributed by atoms with Crippen molar-refractivity contribution in [1.29, 1.82) is 0 Å². The molecular weight excluding hydrogens is 260 g/mol. The third kappa shape index (κ3) is 1.71. The van der Waals surface area contributed by atoms with E-state index >= 15 is 0 Å². The summed E-state index contributed by atoms with van der Waals surface area (Å²) in [5.41, 5.74) is 2.60. The molecule has 0 radical (unpaired) electrons. The van der Waals surface area contributed by atoms with Gasteiger partial charge in [0.15, 0.2) is 0 Å². The van der Waals surface area contributed by atoms with Gasteiger partial charge in [0.25, 0.3) is 0 Å². The molecule has 2 aliphatic heterocycles. The second kappa shape index (κ2) is 4.40. The van der Waals surface area contributed by atoms with Crippen molar-refractivity contribution in [1.82, 2.24) is 4.90 Å². The van der Waals surface area contributed by atoms with Crippen LogP contribution < -0.4 is 4.90 Å². The fraction of sp³-hybridized carbons (Fsp3) is 0.429. The molecule has 1 fully saturated rings. The molecule has 2 N–H and O–H groups in total. The summed E-state index contributed by atoms with van der Waals surface area (Å²) in [5, 5.41) is 18.6. The number of hydrogen-bond acceptors (Lipinski definition) is 2. The number of carbonyl (C=O) groups is 2. The van der Waals surface area contributed by atoms with Crippen LogP contribution in [0.5, 0.6) is 0 Å². The van der Waals surface area contributed by atoms with Crippen molar-refractivity contribution in [2.45, 2.75) is 25.3 Å². The summed E-state index contributed by atoms with van der Waals surface area (Å²) >= 11 is 0. The van der Waals surface area contributed by atoms with E-state index in [2.05, 4.69) is 0 Å². The maximum absolute atomic E-state index is 11.6. The summed E-state index contributed by atoms with van der Waals surface area (Å²) in [5.74, 6) is -0.0640. The van der Waals surface area contributed by atoms with Gasteiger partial charge in [-0.15, -0.1) is 0 Å². The zero-order valence-electron chi connectivity index (χ0n) is 11.1. The second-order valence-corrected chi connectivity index (χ2v) is 5.36. The zero-order chi connectivity index (χ0) is 14.4. The number of anilines is 1. The Balaban J connectivity index is 2.05. The van der Waals surface area contributed by atoms with Crippen molar-refractivity contribution in [2.75, 3.05) is 18.0 Å². The molecule has 0 aliphatic carbocycles. The Labute approximate surface area is 116 Å². The van der Waals surface area contributed by atoms with Gasteiger partial charge >= 0.3 is 12.2 Å². The van der Waals surface area contributed by atoms with Crippen LogP contribution in [0.1, 0.15) is 23.5 Å². The molecule has 1 aromatic rings. The summed E-state index contributed by atoms with van der Waals surface area (Å²) in [6.45, 7) is 2.63. The summed E-state index contributed by atoms with van der Waals surface area (Å²) in [4.78, 5) is 25.5. The van der Waals surface area contributed by atoms with E-state index in [1.807, 2.05) is 25.1 Å². The van der Waals surface area contributed by atoms with E-state index in [0.717, 1.165) is 16.8 Å². The number of para-hydroxylation sites is 1. The molecule has 6 nitrogen and oxygen atoms in total. The minimum atomic E-state index is -0.961. The summed E-state index contributed by atoms with van der Waals surface area (Å²) in [7, 11) is 0. The number of fused-ring (bicyclic) bond motifs is 3. The fourth-order valence-electron chi connectivity index (χ4n) is 3.44. The molecule has 6 heteroatoms. The Bertz CT molecular complexity index is 587. The van der Waals surface area contributed by atoms with Crippen LogP contribution in [-0.4, -0.2) is 46.4 Å². The van der Waals surface area contributed by atoms with Gasteiger partial charge < -0.3 is 15.1 Å². The van der Waals surface area contributed by atoms with Crippen molar-refractivity contribution in [3.63, 3.8) is 0 Å². The lowest BCUT2D eigenvalue weighted by atomic mass is 9.89. The van der Waals surface area contributed by atoms with Gasteiger partial charge in [0.1, 0.15) is 0 Å². The van der Waals surface area contributed by atoms with E-state index in [4.69, 9.17) is 5.11 Å². The third-order valence-electron chi connectivity index (χ3n) is 4.29. The molecule has 2 heterocycles. The maximum Gasteiger partial charge on any atom is 0.412 e. The van der Waals surface area contributed by atoms with Gasteiger partial charge in [-0.2, -0.15) is 0 Å². The van der Waals surface area contributed by atoms with Gasteiger partial charge in [-0.3, -0.25) is 4.90 Å².